The molecule has 158 valence electrons. The Labute approximate surface area is 167 Å². The van der Waals surface area contributed by atoms with Crippen LogP contribution in [-0.2, 0) is 19.2 Å². The molecule has 7 nitrogen and oxygen atoms in total. The van der Waals surface area contributed by atoms with Crippen molar-refractivity contribution < 1.29 is 19.2 Å². The van der Waals surface area contributed by atoms with Gasteiger partial charge in [-0.2, -0.15) is 0 Å². The lowest BCUT2D eigenvalue weighted by atomic mass is 9.86. The number of carbonyl (C=O) groups excluding carboxylic acids is 4. The largest absolute Gasteiger partial charge is 0.369 e. The van der Waals surface area contributed by atoms with Crippen LogP contribution >= 0.6 is 0 Å². The number of carbonyl (C=O) groups is 4. The summed E-state index contributed by atoms with van der Waals surface area (Å²) in [6.45, 7) is 2.33. The topological polar surface area (TPSA) is 110 Å². The standard InChI is InChI=1S/C21H35N3O4/c1-15(21(22)28)9-11-19(26)23-17-8-5-13-24(14-18(17)25)20(27)12-10-16-6-3-2-4-7-16/h15-17H,2-14H2,1H3,(H2,22,28)(H,23,26)/t15?,17-/m0/s1. The fourth-order valence-corrected chi connectivity index (χ4v) is 4.11. The number of rotatable bonds is 8. The van der Waals surface area contributed by atoms with Crippen LogP contribution in [0.5, 0.6) is 0 Å². The van der Waals surface area contributed by atoms with Gasteiger partial charge in [0.1, 0.15) is 0 Å². The summed E-state index contributed by atoms with van der Waals surface area (Å²) in [5.74, 6) is -0.451. The molecule has 1 heterocycles. The number of Topliss-reactive ketones (excluding diaryl/α,β-unsaturated/α-hetero) is 1. The molecule has 2 atom stereocenters. The highest BCUT2D eigenvalue weighted by Gasteiger charge is 2.28. The van der Waals surface area contributed by atoms with Crippen LogP contribution in [0.15, 0.2) is 0 Å². The summed E-state index contributed by atoms with van der Waals surface area (Å²) in [5, 5.41) is 2.77. The minimum Gasteiger partial charge on any atom is -0.369 e. The summed E-state index contributed by atoms with van der Waals surface area (Å²) in [4.78, 5) is 49.9. The Morgan fingerprint density at radius 1 is 1.11 bits per heavy atom. The third kappa shape index (κ3) is 7.24. The Hall–Kier alpha value is -1.92. The van der Waals surface area contributed by atoms with Crippen LogP contribution in [0, 0.1) is 11.8 Å². The van der Waals surface area contributed by atoms with Crippen LogP contribution < -0.4 is 11.1 Å². The zero-order chi connectivity index (χ0) is 20.5. The lowest BCUT2D eigenvalue weighted by Gasteiger charge is -2.24. The molecule has 0 aromatic rings. The van der Waals surface area contributed by atoms with E-state index in [4.69, 9.17) is 5.73 Å². The minimum absolute atomic E-state index is 0.0567. The van der Waals surface area contributed by atoms with Crippen molar-refractivity contribution in [3.8, 4) is 0 Å². The van der Waals surface area contributed by atoms with Gasteiger partial charge in [-0.05, 0) is 31.6 Å². The highest BCUT2D eigenvalue weighted by Crippen LogP contribution is 2.27. The molecule has 1 saturated heterocycles. The van der Waals surface area contributed by atoms with Gasteiger partial charge >= 0.3 is 0 Å². The highest BCUT2D eigenvalue weighted by molar-refractivity contribution is 5.93. The molecule has 0 aromatic carbocycles. The molecular formula is C21H35N3O4. The van der Waals surface area contributed by atoms with E-state index in [1.807, 2.05) is 0 Å². The first kappa shape index (κ1) is 22.4. The Bertz CT molecular complexity index is 572. The Balaban J connectivity index is 1.75. The minimum atomic E-state index is -0.549. The van der Waals surface area contributed by atoms with Gasteiger partial charge in [0, 0.05) is 25.3 Å². The second-order valence-corrected chi connectivity index (χ2v) is 8.43. The van der Waals surface area contributed by atoms with Crippen LogP contribution in [0.2, 0.25) is 0 Å². The molecule has 2 aliphatic rings. The monoisotopic (exact) mass is 393 g/mol. The van der Waals surface area contributed by atoms with Gasteiger partial charge in [-0.3, -0.25) is 19.2 Å². The number of nitrogens with one attached hydrogen (secondary N) is 1. The predicted octanol–water partition coefficient (Wildman–Crippen LogP) is 1.92. The number of amides is 3. The SMILES string of the molecule is CC(CCC(=O)N[C@H]1CCCN(C(=O)CCC2CCCCC2)CC1=O)C(N)=O. The van der Waals surface area contributed by atoms with Crippen molar-refractivity contribution in [3.63, 3.8) is 0 Å². The van der Waals surface area contributed by atoms with Gasteiger partial charge < -0.3 is 16.0 Å². The molecule has 2 fully saturated rings. The van der Waals surface area contributed by atoms with Crippen molar-refractivity contribution in [2.45, 2.75) is 83.6 Å². The summed E-state index contributed by atoms with van der Waals surface area (Å²) in [5.41, 5.74) is 5.20. The van der Waals surface area contributed by atoms with Gasteiger partial charge in [-0.1, -0.05) is 39.0 Å². The van der Waals surface area contributed by atoms with Crippen LogP contribution in [0.25, 0.3) is 0 Å². The molecule has 3 N–H and O–H groups in total. The van der Waals surface area contributed by atoms with Gasteiger partial charge in [0.15, 0.2) is 5.78 Å². The number of primary amides is 1. The molecule has 1 saturated carbocycles. The molecule has 0 radical (unpaired) electrons. The van der Waals surface area contributed by atoms with Crippen LogP contribution in [0.3, 0.4) is 0 Å². The zero-order valence-electron chi connectivity index (χ0n) is 17.1. The molecule has 2 rings (SSSR count). The van der Waals surface area contributed by atoms with E-state index in [0.29, 0.717) is 38.1 Å². The number of likely N-dealkylation sites (tertiary alicyclic amines) is 1. The first-order valence-electron chi connectivity index (χ1n) is 10.8. The summed E-state index contributed by atoms with van der Waals surface area (Å²) < 4.78 is 0. The zero-order valence-corrected chi connectivity index (χ0v) is 17.1. The maximum absolute atomic E-state index is 12.6. The van der Waals surface area contributed by atoms with Crippen molar-refractivity contribution in [1.29, 1.82) is 0 Å². The molecule has 3 amide bonds. The average molecular weight is 394 g/mol. The van der Waals surface area contributed by atoms with Crippen LogP contribution in [0.4, 0.5) is 0 Å². The van der Waals surface area contributed by atoms with Crippen LogP contribution in [-0.4, -0.2) is 47.5 Å². The molecule has 0 spiro atoms. The Kier molecular flexibility index (Phi) is 8.93. The van der Waals surface area contributed by atoms with E-state index in [9.17, 15) is 19.2 Å². The number of hydrogen-bond donors (Lipinski definition) is 2. The molecule has 7 heteroatoms. The van der Waals surface area contributed by atoms with E-state index < -0.39 is 11.9 Å². The first-order valence-corrected chi connectivity index (χ1v) is 10.8. The number of ketones is 1. The van der Waals surface area contributed by atoms with Crippen molar-refractivity contribution in [1.82, 2.24) is 10.2 Å². The third-order valence-electron chi connectivity index (χ3n) is 6.13. The van der Waals surface area contributed by atoms with Crippen molar-refractivity contribution in [3.05, 3.63) is 0 Å². The van der Waals surface area contributed by atoms with Crippen LogP contribution in [0.1, 0.15) is 77.6 Å². The summed E-state index contributed by atoms with van der Waals surface area (Å²) in [6.07, 6.45) is 9.48. The Morgan fingerprint density at radius 2 is 1.82 bits per heavy atom. The summed E-state index contributed by atoms with van der Waals surface area (Å²) >= 11 is 0. The Morgan fingerprint density at radius 3 is 2.50 bits per heavy atom. The van der Waals surface area contributed by atoms with E-state index in [-0.39, 0.29) is 36.5 Å². The smallest absolute Gasteiger partial charge is 0.222 e. The molecule has 28 heavy (non-hydrogen) atoms. The number of nitrogens with zero attached hydrogens (tertiary/aromatic N) is 1. The van der Waals surface area contributed by atoms with Gasteiger partial charge in [0.25, 0.3) is 0 Å². The molecule has 1 unspecified atom stereocenters. The average Bonchev–Trinajstić information content (AvgIpc) is 2.86. The van der Waals surface area contributed by atoms with E-state index in [1.165, 1.54) is 32.1 Å². The lowest BCUT2D eigenvalue weighted by molar-refractivity contribution is -0.135. The fourth-order valence-electron chi connectivity index (χ4n) is 4.11. The van der Waals surface area contributed by atoms with E-state index >= 15 is 0 Å². The number of nitrogens with two attached hydrogens (primary N) is 1. The summed E-state index contributed by atoms with van der Waals surface area (Å²) in [6, 6.07) is -0.549. The predicted molar refractivity (Wildman–Crippen MR) is 106 cm³/mol. The van der Waals surface area contributed by atoms with Crippen molar-refractivity contribution >= 4 is 23.5 Å². The van der Waals surface area contributed by atoms with Gasteiger partial charge in [0.05, 0.1) is 12.6 Å². The fraction of sp³-hybridized carbons (Fsp3) is 0.810. The molecular weight excluding hydrogens is 358 g/mol. The third-order valence-corrected chi connectivity index (χ3v) is 6.13. The maximum atomic E-state index is 12.6. The highest BCUT2D eigenvalue weighted by atomic mass is 16.2. The molecule has 1 aliphatic carbocycles. The van der Waals surface area contributed by atoms with Gasteiger partial charge in [0.2, 0.25) is 17.7 Å². The maximum Gasteiger partial charge on any atom is 0.222 e. The van der Waals surface area contributed by atoms with E-state index in [0.717, 1.165) is 6.42 Å². The van der Waals surface area contributed by atoms with Gasteiger partial charge in [-0.15, -0.1) is 0 Å². The quantitative estimate of drug-likeness (QED) is 0.656. The van der Waals surface area contributed by atoms with Crippen molar-refractivity contribution in [2.75, 3.05) is 13.1 Å². The van der Waals surface area contributed by atoms with Gasteiger partial charge in [-0.25, -0.2) is 0 Å². The summed E-state index contributed by atoms with van der Waals surface area (Å²) in [7, 11) is 0. The number of hydrogen-bond acceptors (Lipinski definition) is 4. The molecule has 0 aromatic heterocycles. The first-order chi connectivity index (χ1) is 13.4. The molecule has 0 bridgehead atoms. The molecule has 1 aliphatic heterocycles. The second-order valence-electron chi connectivity index (χ2n) is 8.43. The van der Waals surface area contributed by atoms with E-state index in [1.54, 1.807) is 11.8 Å². The normalized spacial score (nSPS) is 22.4. The second kappa shape index (κ2) is 11.2. The lowest BCUT2D eigenvalue weighted by Crippen LogP contribution is -2.44. The van der Waals surface area contributed by atoms with Crippen molar-refractivity contribution in [2.24, 2.45) is 17.6 Å². The van der Waals surface area contributed by atoms with E-state index in [2.05, 4.69) is 5.32 Å².